The number of hydrogen-bond acceptors (Lipinski definition) is 5. The summed E-state index contributed by atoms with van der Waals surface area (Å²) in [6, 6.07) is 11.6. The fourth-order valence-corrected chi connectivity index (χ4v) is 3.20. The molecule has 162 valence electrons. The van der Waals surface area contributed by atoms with Crippen molar-refractivity contribution in [3.05, 3.63) is 63.1 Å². The van der Waals surface area contributed by atoms with E-state index in [0.717, 1.165) is 5.56 Å². The van der Waals surface area contributed by atoms with Gasteiger partial charge in [0.2, 0.25) is 0 Å². The number of nitrogens with one attached hydrogen (secondary N) is 1. The number of carbonyl (C=O) groups excluding carboxylic acids is 1. The summed E-state index contributed by atoms with van der Waals surface area (Å²) in [5.41, 5.74) is 1.57. The summed E-state index contributed by atoms with van der Waals surface area (Å²) in [6.45, 7) is 6.06. The van der Waals surface area contributed by atoms with Crippen molar-refractivity contribution in [1.82, 2.24) is 5.32 Å². The number of nitrogens with zero attached hydrogens (tertiary/aromatic N) is 1. The molecule has 0 atom stereocenters. The van der Waals surface area contributed by atoms with E-state index in [4.69, 9.17) is 14.6 Å². The van der Waals surface area contributed by atoms with E-state index < -0.39 is 11.9 Å². The summed E-state index contributed by atoms with van der Waals surface area (Å²) >= 11 is 3.47. The van der Waals surface area contributed by atoms with Gasteiger partial charge in [0.1, 0.15) is 18.2 Å². The maximum Gasteiger partial charge on any atom is 0.335 e. The molecular weight excluding hydrogens is 464 g/mol. The van der Waals surface area contributed by atoms with E-state index in [-0.39, 0.29) is 23.8 Å². The van der Waals surface area contributed by atoms with Crippen molar-refractivity contribution < 1.29 is 24.2 Å². The summed E-state index contributed by atoms with van der Waals surface area (Å²) < 4.78 is 12.2. The van der Waals surface area contributed by atoms with Gasteiger partial charge in [-0.15, -0.1) is 0 Å². The molecule has 31 heavy (non-hydrogen) atoms. The first-order valence-electron chi connectivity index (χ1n) is 9.59. The van der Waals surface area contributed by atoms with Crippen LogP contribution in [0.3, 0.4) is 0 Å². The zero-order valence-corrected chi connectivity index (χ0v) is 19.0. The standard InChI is InChI=1S/C23H23BrN2O5/c1-4-30-20-11-16(9-18(12-25)22(27)26-14(2)3)10-19(24)21(20)31-13-15-5-7-17(8-6-15)23(28)29/h5-11,14H,4,13H2,1-3H3,(H,26,27)(H,28,29)/b18-9-. The van der Waals surface area contributed by atoms with Crippen LogP contribution in [0, 0.1) is 11.3 Å². The summed E-state index contributed by atoms with van der Waals surface area (Å²) in [7, 11) is 0. The van der Waals surface area contributed by atoms with E-state index in [1.54, 1.807) is 24.3 Å². The Balaban J connectivity index is 2.29. The zero-order chi connectivity index (χ0) is 23.0. The van der Waals surface area contributed by atoms with Gasteiger partial charge in [-0.05, 0) is 78.2 Å². The maximum atomic E-state index is 12.2. The molecule has 0 aliphatic rings. The normalized spacial score (nSPS) is 11.0. The third-order valence-corrected chi connectivity index (χ3v) is 4.60. The number of amides is 1. The summed E-state index contributed by atoms with van der Waals surface area (Å²) in [5, 5.41) is 21.0. The van der Waals surface area contributed by atoms with Gasteiger partial charge in [0, 0.05) is 6.04 Å². The minimum atomic E-state index is -0.990. The first-order valence-corrected chi connectivity index (χ1v) is 10.4. The van der Waals surface area contributed by atoms with Gasteiger partial charge in [0.15, 0.2) is 11.5 Å². The Labute approximate surface area is 189 Å². The van der Waals surface area contributed by atoms with Crippen molar-refractivity contribution in [3.63, 3.8) is 0 Å². The molecule has 0 spiro atoms. The van der Waals surface area contributed by atoms with Crippen LogP contribution in [-0.2, 0) is 11.4 Å². The summed E-state index contributed by atoms with van der Waals surface area (Å²) in [6.07, 6.45) is 1.49. The Hall–Kier alpha value is -3.31. The molecular formula is C23H23BrN2O5. The quantitative estimate of drug-likeness (QED) is 0.397. The van der Waals surface area contributed by atoms with Gasteiger partial charge >= 0.3 is 5.97 Å². The molecule has 2 aromatic rings. The average molecular weight is 487 g/mol. The monoisotopic (exact) mass is 486 g/mol. The Morgan fingerprint density at radius 2 is 1.90 bits per heavy atom. The van der Waals surface area contributed by atoms with Gasteiger partial charge in [0.05, 0.1) is 16.6 Å². The Morgan fingerprint density at radius 1 is 1.23 bits per heavy atom. The molecule has 0 heterocycles. The van der Waals surface area contributed by atoms with Gasteiger partial charge < -0.3 is 19.9 Å². The highest BCUT2D eigenvalue weighted by Crippen LogP contribution is 2.38. The lowest BCUT2D eigenvalue weighted by molar-refractivity contribution is -0.117. The lowest BCUT2D eigenvalue weighted by atomic mass is 10.1. The Kier molecular flexibility index (Phi) is 8.64. The molecule has 0 fully saturated rings. The van der Waals surface area contributed by atoms with Gasteiger partial charge in [-0.3, -0.25) is 4.79 Å². The fraction of sp³-hybridized carbons (Fsp3) is 0.261. The zero-order valence-electron chi connectivity index (χ0n) is 17.4. The first kappa shape index (κ1) is 24.0. The number of carboxylic acid groups (broad SMARTS) is 1. The second-order valence-corrected chi connectivity index (χ2v) is 7.71. The maximum absolute atomic E-state index is 12.2. The predicted molar refractivity (Wildman–Crippen MR) is 120 cm³/mol. The molecule has 0 unspecified atom stereocenters. The number of carboxylic acids is 1. The van der Waals surface area contributed by atoms with Crippen LogP contribution in [0.5, 0.6) is 11.5 Å². The molecule has 7 nitrogen and oxygen atoms in total. The van der Waals surface area contributed by atoms with Crippen molar-refractivity contribution in [3.8, 4) is 17.6 Å². The number of halogens is 1. The molecule has 0 radical (unpaired) electrons. The van der Waals surface area contributed by atoms with Crippen molar-refractivity contribution in [2.24, 2.45) is 0 Å². The molecule has 0 aliphatic carbocycles. The molecule has 2 aromatic carbocycles. The molecule has 2 N–H and O–H groups in total. The summed E-state index contributed by atoms with van der Waals surface area (Å²) in [5.74, 6) is -0.522. The third-order valence-electron chi connectivity index (χ3n) is 4.01. The minimum absolute atomic E-state index is 0.0183. The molecule has 1 amide bonds. The van der Waals surface area contributed by atoms with Crippen molar-refractivity contribution in [2.75, 3.05) is 6.61 Å². The largest absolute Gasteiger partial charge is 0.490 e. The average Bonchev–Trinajstić information content (AvgIpc) is 2.71. The molecule has 8 heteroatoms. The van der Waals surface area contributed by atoms with E-state index in [9.17, 15) is 14.9 Å². The highest BCUT2D eigenvalue weighted by Gasteiger charge is 2.15. The van der Waals surface area contributed by atoms with E-state index in [1.807, 2.05) is 26.8 Å². The number of hydrogen-bond donors (Lipinski definition) is 2. The first-order chi connectivity index (χ1) is 14.7. The van der Waals surface area contributed by atoms with Crippen LogP contribution in [0.2, 0.25) is 0 Å². The minimum Gasteiger partial charge on any atom is -0.490 e. The molecule has 0 aliphatic heterocycles. The second kappa shape index (κ2) is 11.2. The lowest BCUT2D eigenvalue weighted by Crippen LogP contribution is -2.30. The van der Waals surface area contributed by atoms with Crippen LogP contribution < -0.4 is 14.8 Å². The Morgan fingerprint density at radius 3 is 2.45 bits per heavy atom. The van der Waals surface area contributed by atoms with Gasteiger partial charge in [-0.2, -0.15) is 5.26 Å². The molecule has 2 rings (SSSR count). The molecule has 0 saturated carbocycles. The number of aromatic carboxylic acids is 1. The number of carbonyl (C=O) groups is 2. The van der Waals surface area contributed by atoms with E-state index in [1.165, 1.54) is 18.2 Å². The molecule has 0 aromatic heterocycles. The lowest BCUT2D eigenvalue weighted by Gasteiger charge is -2.15. The topological polar surface area (TPSA) is 109 Å². The molecule has 0 saturated heterocycles. The van der Waals surface area contributed by atoms with Crippen LogP contribution >= 0.6 is 15.9 Å². The van der Waals surface area contributed by atoms with E-state index >= 15 is 0 Å². The van der Waals surface area contributed by atoms with Gasteiger partial charge in [0.25, 0.3) is 5.91 Å². The number of nitriles is 1. The van der Waals surface area contributed by atoms with Crippen LogP contribution in [0.25, 0.3) is 6.08 Å². The van der Waals surface area contributed by atoms with Crippen LogP contribution in [0.1, 0.15) is 42.3 Å². The third kappa shape index (κ3) is 6.86. The van der Waals surface area contributed by atoms with Crippen LogP contribution in [0.15, 0.2) is 46.4 Å². The number of benzene rings is 2. The van der Waals surface area contributed by atoms with Crippen LogP contribution in [-0.4, -0.2) is 29.6 Å². The summed E-state index contributed by atoms with van der Waals surface area (Å²) in [4.78, 5) is 23.1. The highest BCUT2D eigenvalue weighted by molar-refractivity contribution is 9.10. The molecule has 0 bridgehead atoms. The fourth-order valence-electron chi connectivity index (χ4n) is 2.63. The van der Waals surface area contributed by atoms with Gasteiger partial charge in [-0.25, -0.2) is 4.79 Å². The highest BCUT2D eigenvalue weighted by atomic mass is 79.9. The van der Waals surface area contributed by atoms with Crippen molar-refractivity contribution >= 4 is 33.9 Å². The van der Waals surface area contributed by atoms with Crippen LogP contribution in [0.4, 0.5) is 0 Å². The van der Waals surface area contributed by atoms with Crippen molar-refractivity contribution in [2.45, 2.75) is 33.4 Å². The number of rotatable bonds is 9. The predicted octanol–water partition coefficient (Wildman–Crippen LogP) is 4.56. The van der Waals surface area contributed by atoms with Gasteiger partial charge in [-0.1, -0.05) is 12.1 Å². The number of ether oxygens (including phenoxy) is 2. The SMILES string of the molecule is CCOc1cc(/C=C(/C#N)C(=O)NC(C)C)cc(Br)c1OCc1ccc(C(=O)O)cc1. The second-order valence-electron chi connectivity index (χ2n) is 6.85. The van der Waals surface area contributed by atoms with E-state index in [2.05, 4.69) is 21.2 Å². The van der Waals surface area contributed by atoms with Crippen molar-refractivity contribution in [1.29, 1.82) is 5.26 Å². The Bertz CT molecular complexity index is 1020. The smallest absolute Gasteiger partial charge is 0.335 e. The van der Waals surface area contributed by atoms with E-state index in [0.29, 0.717) is 28.1 Å².